The normalized spacial score (nSPS) is 15.7. The van der Waals surface area contributed by atoms with Gasteiger partial charge in [-0.1, -0.05) is 47.1 Å². The van der Waals surface area contributed by atoms with Crippen molar-refractivity contribution >= 4 is 29.4 Å². The molecule has 3 amide bonds. The molecule has 9 nitrogen and oxygen atoms in total. The number of benzene rings is 2. The van der Waals surface area contributed by atoms with Crippen LogP contribution in [-0.2, 0) is 4.74 Å². The highest BCUT2D eigenvalue weighted by molar-refractivity contribution is 6.33. The van der Waals surface area contributed by atoms with Crippen LogP contribution in [0.15, 0.2) is 53.1 Å². The molecule has 3 aromatic rings. The summed E-state index contributed by atoms with van der Waals surface area (Å²) in [5.74, 6) is 0.738. The number of hydrogen-bond donors (Lipinski definition) is 2. The molecule has 0 aliphatic carbocycles. The van der Waals surface area contributed by atoms with Crippen molar-refractivity contribution in [3.05, 3.63) is 53.6 Å². The number of nitrogens with one attached hydrogen (secondary N) is 2. The van der Waals surface area contributed by atoms with Crippen molar-refractivity contribution in [2.24, 2.45) is 0 Å². The summed E-state index contributed by atoms with van der Waals surface area (Å²) < 4.78 is 10.6. The lowest BCUT2D eigenvalue weighted by atomic mass is 10.2. The maximum atomic E-state index is 12.2. The molecule has 1 atom stereocenters. The number of amides is 3. The highest BCUT2D eigenvalue weighted by Crippen LogP contribution is 2.33. The summed E-state index contributed by atoms with van der Waals surface area (Å²) >= 11 is 6.43. The van der Waals surface area contributed by atoms with Gasteiger partial charge in [-0.25, -0.2) is 9.59 Å². The number of aromatic nitrogens is 2. The van der Waals surface area contributed by atoms with Crippen LogP contribution in [0.4, 0.5) is 15.3 Å². The van der Waals surface area contributed by atoms with E-state index in [4.69, 9.17) is 20.9 Å². The predicted octanol–water partition coefficient (Wildman–Crippen LogP) is 3.31. The van der Waals surface area contributed by atoms with Gasteiger partial charge in [-0.15, -0.1) is 0 Å². The van der Waals surface area contributed by atoms with E-state index in [1.165, 1.54) is 11.9 Å². The molecule has 2 heterocycles. The molecule has 1 unspecified atom stereocenters. The van der Waals surface area contributed by atoms with Crippen LogP contribution in [0.5, 0.6) is 0 Å². The minimum absolute atomic E-state index is 0.206. The van der Waals surface area contributed by atoms with E-state index in [1.54, 1.807) is 18.2 Å². The third-order valence-corrected chi connectivity index (χ3v) is 4.86. The van der Waals surface area contributed by atoms with Gasteiger partial charge in [0.05, 0.1) is 23.7 Å². The Balaban J connectivity index is 1.49. The Labute approximate surface area is 177 Å². The molecule has 2 N–H and O–H groups in total. The van der Waals surface area contributed by atoms with Crippen LogP contribution in [0.25, 0.3) is 22.8 Å². The first kappa shape index (κ1) is 19.7. The lowest BCUT2D eigenvalue weighted by molar-refractivity contribution is 0.140. The van der Waals surface area contributed by atoms with E-state index in [2.05, 4.69) is 20.8 Å². The van der Waals surface area contributed by atoms with Crippen LogP contribution in [0.3, 0.4) is 0 Å². The number of urea groups is 1. The number of rotatable bonds is 5. The fraction of sp³-hybridized carbons (Fsp3) is 0.200. The Morgan fingerprint density at radius 2 is 2.07 bits per heavy atom. The van der Waals surface area contributed by atoms with Gasteiger partial charge in [-0.3, -0.25) is 4.90 Å². The number of carbonyl (C=O) groups excluding carboxylic acids is 2. The molecule has 1 aromatic heterocycles. The average molecular weight is 428 g/mol. The van der Waals surface area contributed by atoms with Gasteiger partial charge in [0.1, 0.15) is 6.10 Å². The number of hydrogen-bond acceptors (Lipinski definition) is 6. The number of anilines is 1. The summed E-state index contributed by atoms with van der Waals surface area (Å²) in [5, 5.41) is 9.42. The van der Waals surface area contributed by atoms with E-state index in [9.17, 15) is 9.59 Å². The molecule has 10 heteroatoms. The van der Waals surface area contributed by atoms with E-state index in [1.807, 2.05) is 30.3 Å². The van der Waals surface area contributed by atoms with E-state index >= 15 is 0 Å². The molecule has 1 aliphatic rings. The number of ether oxygens (including phenoxy) is 1. The molecule has 0 bridgehead atoms. The monoisotopic (exact) mass is 427 g/mol. The van der Waals surface area contributed by atoms with Crippen LogP contribution in [-0.4, -0.2) is 48.5 Å². The number of carbonyl (C=O) groups is 2. The standard InChI is InChI=1S/C20H18ClN5O4/c1-22-19(27)23-10-14-11-26(20(28)29-14)13-7-8-15(16(21)9-13)18-24-17(25-30-18)12-5-3-2-4-6-12/h2-9,14H,10-11H2,1H3,(H2,22,23,27). The summed E-state index contributed by atoms with van der Waals surface area (Å²) in [6.45, 7) is 0.495. The molecule has 154 valence electrons. The zero-order chi connectivity index (χ0) is 21.1. The van der Waals surface area contributed by atoms with Gasteiger partial charge in [-0.2, -0.15) is 4.98 Å². The second kappa shape index (κ2) is 8.42. The molecule has 0 spiro atoms. The summed E-state index contributed by atoms with van der Waals surface area (Å²) in [5.41, 5.74) is 1.95. The summed E-state index contributed by atoms with van der Waals surface area (Å²) in [6, 6.07) is 14.2. The molecule has 0 saturated carbocycles. The smallest absolute Gasteiger partial charge is 0.414 e. The van der Waals surface area contributed by atoms with E-state index in [0.29, 0.717) is 22.1 Å². The molecule has 2 aromatic carbocycles. The lowest BCUT2D eigenvalue weighted by Crippen LogP contribution is -2.39. The van der Waals surface area contributed by atoms with Crippen molar-refractivity contribution < 1.29 is 18.8 Å². The van der Waals surface area contributed by atoms with Crippen molar-refractivity contribution in [2.75, 3.05) is 25.0 Å². The van der Waals surface area contributed by atoms with Gasteiger partial charge in [-0.05, 0) is 18.2 Å². The number of cyclic esters (lactones) is 1. The van der Waals surface area contributed by atoms with Gasteiger partial charge in [0, 0.05) is 18.3 Å². The van der Waals surface area contributed by atoms with Crippen molar-refractivity contribution in [2.45, 2.75) is 6.10 Å². The first-order chi connectivity index (χ1) is 14.5. The minimum Gasteiger partial charge on any atom is -0.442 e. The predicted molar refractivity (Wildman–Crippen MR) is 110 cm³/mol. The van der Waals surface area contributed by atoms with Gasteiger partial charge in [0.15, 0.2) is 0 Å². The third-order valence-electron chi connectivity index (χ3n) is 4.54. The minimum atomic E-state index is -0.508. The molecule has 4 rings (SSSR count). The SMILES string of the molecule is CNC(=O)NCC1CN(c2ccc(-c3nc(-c4ccccc4)no3)c(Cl)c2)C(=O)O1. The molecule has 1 fully saturated rings. The third kappa shape index (κ3) is 4.06. The Morgan fingerprint density at radius 1 is 1.27 bits per heavy atom. The van der Waals surface area contributed by atoms with E-state index < -0.39 is 12.2 Å². The highest BCUT2D eigenvalue weighted by atomic mass is 35.5. The first-order valence-corrected chi connectivity index (χ1v) is 9.55. The zero-order valence-electron chi connectivity index (χ0n) is 16.0. The Morgan fingerprint density at radius 3 is 2.80 bits per heavy atom. The van der Waals surface area contributed by atoms with Gasteiger partial charge >= 0.3 is 12.1 Å². The van der Waals surface area contributed by atoms with E-state index in [0.717, 1.165) is 5.56 Å². The summed E-state index contributed by atoms with van der Waals surface area (Å²) in [6.07, 6.45) is -0.968. The van der Waals surface area contributed by atoms with Gasteiger partial charge < -0.3 is 19.9 Å². The van der Waals surface area contributed by atoms with Crippen molar-refractivity contribution in [1.82, 2.24) is 20.8 Å². The van der Waals surface area contributed by atoms with Crippen LogP contribution < -0.4 is 15.5 Å². The fourth-order valence-electron chi connectivity index (χ4n) is 3.02. The maximum Gasteiger partial charge on any atom is 0.414 e. The number of halogens is 1. The Hall–Kier alpha value is -3.59. The van der Waals surface area contributed by atoms with Crippen LogP contribution in [0.1, 0.15) is 0 Å². The molecule has 1 aliphatic heterocycles. The highest BCUT2D eigenvalue weighted by Gasteiger charge is 2.33. The molecular formula is C20H18ClN5O4. The van der Waals surface area contributed by atoms with Crippen molar-refractivity contribution in [3.63, 3.8) is 0 Å². The second-order valence-corrected chi connectivity index (χ2v) is 6.94. The Bertz CT molecular complexity index is 1070. The van der Waals surface area contributed by atoms with Gasteiger partial charge in [0.25, 0.3) is 5.89 Å². The van der Waals surface area contributed by atoms with Gasteiger partial charge in [0.2, 0.25) is 5.82 Å². The van der Waals surface area contributed by atoms with Crippen LogP contribution in [0, 0.1) is 0 Å². The maximum absolute atomic E-state index is 12.2. The zero-order valence-corrected chi connectivity index (χ0v) is 16.7. The van der Waals surface area contributed by atoms with Crippen molar-refractivity contribution in [1.29, 1.82) is 0 Å². The van der Waals surface area contributed by atoms with Crippen LogP contribution in [0.2, 0.25) is 5.02 Å². The molecule has 30 heavy (non-hydrogen) atoms. The topological polar surface area (TPSA) is 110 Å². The molecule has 1 saturated heterocycles. The fourth-order valence-corrected chi connectivity index (χ4v) is 3.27. The largest absolute Gasteiger partial charge is 0.442 e. The first-order valence-electron chi connectivity index (χ1n) is 9.18. The van der Waals surface area contributed by atoms with Crippen molar-refractivity contribution in [3.8, 4) is 22.8 Å². The lowest BCUT2D eigenvalue weighted by Gasteiger charge is -2.14. The molecular weight excluding hydrogens is 410 g/mol. The van der Waals surface area contributed by atoms with Crippen LogP contribution >= 0.6 is 11.6 Å². The molecule has 0 radical (unpaired) electrons. The average Bonchev–Trinajstić information content (AvgIpc) is 3.39. The summed E-state index contributed by atoms with van der Waals surface area (Å²) in [4.78, 5) is 29.4. The summed E-state index contributed by atoms with van der Waals surface area (Å²) in [7, 11) is 1.51. The number of nitrogens with zero attached hydrogens (tertiary/aromatic N) is 3. The Kier molecular flexibility index (Phi) is 5.53. The quantitative estimate of drug-likeness (QED) is 0.646. The second-order valence-electron chi connectivity index (χ2n) is 6.53. The van der Waals surface area contributed by atoms with E-state index in [-0.39, 0.29) is 25.0 Å².